The van der Waals surface area contributed by atoms with Crippen LogP contribution >= 0.6 is 34.2 Å². The Kier molecular flexibility index (Phi) is 6.21. The number of rotatable bonds is 5. The predicted molar refractivity (Wildman–Crippen MR) is 99.6 cm³/mol. The number of anilines is 1. The maximum Gasteiger partial charge on any atom is 0.259 e. The van der Waals surface area contributed by atoms with Gasteiger partial charge in [0.2, 0.25) is 0 Å². The number of hydrazone groups is 1. The van der Waals surface area contributed by atoms with Gasteiger partial charge in [0.1, 0.15) is 0 Å². The largest absolute Gasteiger partial charge is 0.376 e. The zero-order valence-corrected chi connectivity index (χ0v) is 14.9. The van der Waals surface area contributed by atoms with Gasteiger partial charge in [0, 0.05) is 14.3 Å². The summed E-state index contributed by atoms with van der Waals surface area (Å²) in [5, 5.41) is 7.63. The zero-order chi connectivity index (χ0) is 15.9. The fourth-order valence-electron chi connectivity index (χ4n) is 1.70. The Labute approximate surface area is 148 Å². The van der Waals surface area contributed by atoms with Gasteiger partial charge < -0.3 is 5.32 Å². The Morgan fingerprint density at radius 1 is 1.27 bits per heavy atom. The van der Waals surface area contributed by atoms with Crippen LogP contribution in [0.5, 0.6) is 0 Å². The monoisotopic (exact) mass is 427 g/mol. The first-order chi connectivity index (χ1) is 10.5. The molecule has 0 unspecified atom stereocenters. The molecule has 0 saturated heterocycles. The van der Waals surface area contributed by atoms with Crippen LogP contribution < -0.4 is 10.7 Å². The summed E-state index contributed by atoms with van der Waals surface area (Å²) in [5.41, 5.74) is 5.43. The molecule has 4 nitrogen and oxygen atoms in total. The second kappa shape index (κ2) is 8.14. The first-order valence-electron chi connectivity index (χ1n) is 6.62. The molecule has 0 saturated carbocycles. The van der Waals surface area contributed by atoms with E-state index >= 15 is 0 Å². The van der Waals surface area contributed by atoms with Crippen LogP contribution in [0.3, 0.4) is 0 Å². The second-order valence-corrected chi connectivity index (χ2v) is 6.26. The van der Waals surface area contributed by atoms with Gasteiger partial charge in [0.15, 0.2) is 0 Å². The molecular formula is C16H15ClIN3O. The molecule has 0 radical (unpaired) electrons. The Morgan fingerprint density at radius 2 is 2.00 bits per heavy atom. The lowest BCUT2D eigenvalue weighted by atomic mass is 10.2. The SMILES string of the molecule is Cc1cc(NCC(=O)N/N=C\c2ccc(Cl)cc2)ccc1I. The molecule has 0 bridgehead atoms. The van der Waals surface area contributed by atoms with Crippen molar-refractivity contribution in [1.29, 1.82) is 0 Å². The highest BCUT2D eigenvalue weighted by atomic mass is 127. The van der Waals surface area contributed by atoms with Gasteiger partial charge in [-0.3, -0.25) is 4.79 Å². The summed E-state index contributed by atoms with van der Waals surface area (Å²) in [6, 6.07) is 13.1. The number of aryl methyl sites for hydroxylation is 1. The highest BCUT2D eigenvalue weighted by molar-refractivity contribution is 14.1. The smallest absolute Gasteiger partial charge is 0.259 e. The van der Waals surface area contributed by atoms with Crippen molar-refractivity contribution < 1.29 is 4.79 Å². The third-order valence-corrected chi connectivity index (χ3v) is 4.35. The number of hydrogen-bond acceptors (Lipinski definition) is 3. The number of carbonyl (C=O) groups excluding carboxylic acids is 1. The lowest BCUT2D eigenvalue weighted by Crippen LogP contribution is -2.25. The molecule has 22 heavy (non-hydrogen) atoms. The van der Waals surface area contributed by atoms with E-state index in [0.29, 0.717) is 5.02 Å². The van der Waals surface area contributed by atoms with Gasteiger partial charge in [-0.15, -0.1) is 0 Å². The molecule has 2 N–H and O–H groups in total. The molecule has 0 fully saturated rings. The Bertz CT molecular complexity index is 686. The Hall–Kier alpha value is -1.60. The molecule has 1 amide bonds. The first kappa shape index (κ1) is 16.8. The van der Waals surface area contributed by atoms with E-state index in [1.807, 2.05) is 37.3 Å². The number of carbonyl (C=O) groups is 1. The number of benzene rings is 2. The Balaban J connectivity index is 1.80. The van der Waals surface area contributed by atoms with Gasteiger partial charge >= 0.3 is 0 Å². The fraction of sp³-hybridized carbons (Fsp3) is 0.125. The summed E-state index contributed by atoms with van der Waals surface area (Å²) in [6.45, 7) is 2.20. The minimum Gasteiger partial charge on any atom is -0.376 e. The molecule has 0 heterocycles. The molecule has 0 aliphatic carbocycles. The molecule has 0 aromatic heterocycles. The average molecular weight is 428 g/mol. The molecule has 0 spiro atoms. The number of hydrogen-bond donors (Lipinski definition) is 2. The molecule has 0 aliphatic heterocycles. The van der Waals surface area contributed by atoms with Crippen LogP contribution in [0.25, 0.3) is 0 Å². The van der Waals surface area contributed by atoms with E-state index < -0.39 is 0 Å². The summed E-state index contributed by atoms with van der Waals surface area (Å²) < 4.78 is 1.19. The van der Waals surface area contributed by atoms with Crippen LogP contribution in [0.1, 0.15) is 11.1 Å². The summed E-state index contributed by atoms with van der Waals surface area (Å²) in [4.78, 5) is 11.7. The van der Waals surface area contributed by atoms with E-state index in [0.717, 1.165) is 11.3 Å². The van der Waals surface area contributed by atoms with Crippen LogP contribution in [0.4, 0.5) is 5.69 Å². The number of nitrogens with one attached hydrogen (secondary N) is 2. The summed E-state index contributed by atoms with van der Waals surface area (Å²) in [7, 11) is 0. The van der Waals surface area contributed by atoms with Gasteiger partial charge in [0.25, 0.3) is 5.91 Å². The van der Waals surface area contributed by atoms with E-state index in [-0.39, 0.29) is 12.5 Å². The van der Waals surface area contributed by atoms with Gasteiger partial charge in [-0.1, -0.05) is 23.7 Å². The molecule has 0 atom stereocenters. The minimum atomic E-state index is -0.207. The van der Waals surface area contributed by atoms with Gasteiger partial charge in [-0.25, -0.2) is 5.43 Å². The summed E-state index contributed by atoms with van der Waals surface area (Å²) in [6.07, 6.45) is 1.57. The lowest BCUT2D eigenvalue weighted by molar-refractivity contribution is -0.119. The molecule has 0 aliphatic rings. The highest BCUT2D eigenvalue weighted by Gasteiger charge is 2.01. The standard InChI is InChI=1S/C16H15ClIN3O/c1-11-8-14(6-7-15(11)18)19-10-16(22)21-20-9-12-2-4-13(17)5-3-12/h2-9,19H,10H2,1H3,(H,21,22)/b20-9-. The van der Waals surface area contributed by atoms with E-state index in [4.69, 9.17) is 11.6 Å². The van der Waals surface area contributed by atoms with Gasteiger partial charge in [0.05, 0.1) is 12.8 Å². The van der Waals surface area contributed by atoms with Gasteiger partial charge in [-0.05, 0) is 71.0 Å². The fourth-order valence-corrected chi connectivity index (χ4v) is 2.17. The highest BCUT2D eigenvalue weighted by Crippen LogP contribution is 2.16. The van der Waals surface area contributed by atoms with Crippen LogP contribution in [0, 0.1) is 10.5 Å². The van der Waals surface area contributed by atoms with Crippen molar-refractivity contribution in [2.45, 2.75) is 6.92 Å². The third-order valence-electron chi connectivity index (χ3n) is 2.88. The predicted octanol–water partition coefficient (Wildman–Crippen LogP) is 3.82. The topological polar surface area (TPSA) is 53.5 Å². The summed E-state index contributed by atoms with van der Waals surface area (Å²) >= 11 is 8.07. The van der Waals surface area contributed by atoms with Crippen molar-refractivity contribution in [1.82, 2.24) is 5.43 Å². The number of halogens is 2. The average Bonchev–Trinajstić information content (AvgIpc) is 2.50. The van der Waals surface area contributed by atoms with Crippen molar-refractivity contribution in [3.05, 3.63) is 62.2 Å². The van der Waals surface area contributed by atoms with E-state index in [1.54, 1.807) is 18.3 Å². The third kappa shape index (κ3) is 5.31. The quantitative estimate of drug-likeness (QED) is 0.433. The van der Waals surface area contributed by atoms with Crippen LogP contribution in [-0.4, -0.2) is 18.7 Å². The lowest BCUT2D eigenvalue weighted by Gasteiger charge is -2.07. The maximum absolute atomic E-state index is 11.7. The first-order valence-corrected chi connectivity index (χ1v) is 8.08. The molecule has 2 rings (SSSR count). The maximum atomic E-state index is 11.7. The molecule has 114 valence electrons. The Morgan fingerprint density at radius 3 is 2.68 bits per heavy atom. The van der Waals surface area contributed by atoms with Crippen molar-refractivity contribution in [2.75, 3.05) is 11.9 Å². The second-order valence-electron chi connectivity index (χ2n) is 4.66. The number of nitrogens with zero attached hydrogens (tertiary/aromatic N) is 1. The van der Waals surface area contributed by atoms with Crippen LogP contribution in [-0.2, 0) is 4.79 Å². The minimum absolute atomic E-state index is 0.165. The van der Waals surface area contributed by atoms with E-state index in [9.17, 15) is 4.79 Å². The van der Waals surface area contributed by atoms with Crippen LogP contribution in [0.2, 0.25) is 5.02 Å². The van der Waals surface area contributed by atoms with E-state index in [1.165, 1.54) is 9.13 Å². The normalized spacial score (nSPS) is 10.7. The van der Waals surface area contributed by atoms with E-state index in [2.05, 4.69) is 38.4 Å². The number of amides is 1. The molecule has 2 aromatic rings. The zero-order valence-electron chi connectivity index (χ0n) is 11.9. The van der Waals surface area contributed by atoms with Crippen molar-refractivity contribution in [2.24, 2.45) is 5.10 Å². The van der Waals surface area contributed by atoms with Crippen LogP contribution in [0.15, 0.2) is 47.6 Å². The molecular weight excluding hydrogens is 413 g/mol. The van der Waals surface area contributed by atoms with Crippen molar-refractivity contribution in [3.8, 4) is 0 Å². The summed E-state index contributed by atoms with van der Waals surface area (Å²) in [5.74, 6) is -0.207. The molecule has 6 heteroatoms. The van der Waals surface area contributed by atoms with Gasteiger partial charge in [-0.2, -0.15) is 5.10 Å². The van der Waals surface area contributed by atoms with Crippen molar-refractivity contribution in [3.63, 3.8) is 0 Å². The molecule has 2 aromatic carbocycles. The van der Waals surface area contributed by atoms with Crippen molar-refractivity contribution >= 4 is 52.0 Å².